The molecule has 1 aromatic rings. The largest absolute Gasteiger partial charge is 0.402 e. The van der Waals surface area contributed by atoms with Crippen molar-refractivity contribution in [1.82, 2.24) is 10.2 Å². The molecule has 1 fully saturated rings. The minimum absolute atomic E-state index is 0.0257. The molecule has 2 rings (SSSR count). The van der Waals surface area contributed by atoms with Crippen LogP contribution < -0.4 is 5.32 Å². The van der Waals surface area contributed by atoms with Crippen molar-refractivity contribution < 1.29 is 17.6 Å². The van der Waals surface area contributed by atoms with E-state index in [1.807, 2.05) is 0 Å². The Balaban J connectivity index is 1.90. The Hall–Kier alpha value is -1.27. The van der Waals surface area contributed by atoms with Crippen molar-refractivity contribution in [1.29, 1.82) is 0 Å². The SMILES string of the molecule is FC(F)c1nnc(NCC2(F)CC2)o1. The predicted octanol–water partition coefficient (Wildman–Crippen LogP) is 1.92. The molecule has 1 aliphatic carbocycles. The summed E-state index contributed by atoms with van der Waals surface area (Å²) in [5.74, 6) is -0.754. The molecule has 0 atom stereocenters. The molecule has 0 unspecified atom stereocenters. The van der Waals surface area contributed by atoms with Crippen LogP contribution in [-0.4, -0.2) is 22.4 Å². The Kier molecular flexibility index (Phi) is 2.09. The average molecular weight is 207 g/mol. The van der Waals surface area contributed by atoms with Gasteiger partial charge in [0.25, 0.3) is 5.89 Å². The van der Waals surface area contributed by atoms with Crippen LogP contribution in [0, 0.1) is 0 Å². The first-order valence-electron chi connectivity index (χ1n) is 4.13. The van der Waals surface area contributed by atoms with E-state index >= 15 is 0 Å². The molecule has 78 valence electrons. The van der Waals surface area contributed by atoms with Gasteiger partial charge in [-0.05, 0) is 12.8 Å². The maximum Gasteiger partial charge on any atom is 0.315 e. The van der Waals surface area contributed by atoms with Crippen LogP contribution in [0.3, 0.4) is 0 Å². The van der Waals surface area contributed by atoms with Crippen molar-refractivity contribution in [3.63, 3.8) is 0 Å². The smallest absolute Gasteiger partial charge is 0.315 e. The molecule has 0 bridgehead atoms. The molecule has 1 heterocycles. The van der Waals surface area contributed by atoms with Crippen LogP contribution in [-0.2, 0) is 0 Å². The Morgan fingerprint density at radius 2 is 2.14 bits per heavy atom. The van der Waals surface area contributed by atoms with Gasteiger partial charge in [-0.1, -0.05) is 5.10 Å². The second kappa shape index (κ2) is 3.14. The van der Waals surface area contributed by atoms with Gasteiger partial charge in [0.15, 0.2) is 0 Å². The number of anilines is 1. The van der Waals surface area contributed by atoms with Crippen molar-refractivity contribution in [3.05, 3.63) is 5.89 Å². The standard InChI is InChI=1S/C7H8F3N3O/c8-4(9)5-12-13-6(14-5)11-3-7(10)1-2-7/h4H,1-3H2,(H,11,13). The van der Waals surface area contributed by atoms with E-state index in [0.717, 1.165) is 0 Å². The van der Waals surface area contributed by atoms with Gasteiger partial charge in [-0.25, -0.2) is 4.39 Å². The van der Waals surface area contributed by atoms with E-state index in [4.69, 9.17) is 0 Å². The Morgan fingerprint density at radius 1 is 1.43 bits per heavy atom. The fraction of sp³-hybridized carbons (Fsp3) is 0.714. The highest BCUT2D eigenvalue weighted by Gasteiger charge is 2.43. The van der Waals surface area contributed by atoms with Crippen LogP contribution in [0.5, 0.6) is 0 Å². The number of alkyl halides is 3. The average Bonchev–Trinajstić information content (AvgIpc) is 2.68. The van der Waals surface area contributed by atoms with Gasteiger partial charge >= 0.3 is 12.4 Å². The van der Waals surface area contributed by atoms with Crippen molar-refractivity contribution in [2.24, 2.45) is 0 Å². The third kappa shape index (κ3) is 1.97. The van der Waals surface area contributed by atoms with Crippen LogP contribution in [0.1, 0.15) is 25.2 Å². The lowest BCUT2D eigenvalue weighted by Crippen LogP contribution is -2.16. The van der Waals surface area contributed by atoms with Gasteiger partial charge in [0, 0.05) is 0 Å². The highest BCUT2D eigenvalue weighted by Crippen LogP contribution is 2.39. The molecular formula is C7H8F3N3O. The first-order chi connectivity index (χ1) is 6.59. The van der Waals surface area contributed by atoms with Crippen LogP contribution >= 0.6 is 0 Å². The number of rotatable bonds is 4. The van der Waals surface area contributed by atoms with Gasteiger partial charge in [0.1, 0.15) is 5.67 Å². The third-order valence-corrected chi connectivity index (χ3v) is 1.98. The van der Waals surface area contributed by atoms with Gasteiger partial charge in [-0.3, -0.25) is 0 Å². The molecule has 7 heteroatoms. The number of hydrogen-bond donors (Lipinski definition) is 1. The fourth-order valence-corrected chi connectivity index (χ4v) is 0.941. The maximum atomic E-state index is 13.1. The molecule has 1 saturated carbocycles. The zero-order valence-electron chi connectivity index (χ0n) is 7.14. The van der Waals surface area contributed by atoms with E-state index in [9.17, 15) is 13.2 Å². The summed E-state index contributed by atoms with van der Waals surface area (Å²) in [6.07, 6.45) is -1.83. The maximum absolute atomic E-state index is 13.1. The van der Waals surface area contributed by atoms with Crippen LogP contribution in [0.15, 0.2) is 4.42 Å². The number of hydrogen-bond acceptors (Lipinski definition) is 4. The summed E-state index contributed by atoms with van der Waals surface area (Å²) in [7, 11) is 0. The second-order valence-electron chi connectivity index (χ2n) is 3.25. The molecule has 0 saturated heterocycles. The van der Waals surface area contributed by atoms with Crippen molar-refractivity contribution in [2.45, 2.75) is 24.9 Å². The molecule has 4 nitrogen and oxygen atoms in total. The Bertz CT molecular complexity index is 324. The predicted molar refractivity (Wildman–Crippen MR) is 40.8 cm³/mol. The van der Waals surface area contributed by atoms with Gasteiger partial charge < -0.3 is 9.73 Å². The normalized spacial score (nSPS) is 18.6. The topological polar surface area (TPSA) is 51.0 Å². The summed E-state index contributed by atoms with van der Waals surface area (Å²) in [5.41, 5.74) is -1.22. The van der Waals surface area contributed by atoms with Crippen LogP contribution in [0.4, 0.5) is 19.2 Å². The quantitative estimate of drug-likeness (QED) is 0.819. The van der Waals surface area contributed by atoms with Gasteiger partial charge in [0.2, 0.25) is 0 Å². The van der Waals surface area contributed by atoms with Crippen LogP contribution in [0.25, 0.3) is 0 Å². The summed E-state index contributed by atoms with van der Waals surface area (Å²) in [4.78, 5) is 0. The Morgan fingerprint density at radius 3 is 2.64 bits per heavy atom. The molecule has 0 spiro atoms. The molecule has 0 aliphatic heterocycles. The number of nitrogens with zero attached hydrogens (tertiary/aromatic N) is 2. The molecule has 1 aliphatic rings. The van der Waals surface area contributed by atoms with E-state index < -0.39 is 18.0 Å². The van der Waals surface area contributed by atoms with Gasteiger partial charge in [-0.15, -0.1) is 5.10 Å². The molecule has 0 amide bonds. The van der Waals surface area contributed by atoms with E-state index in [1.165, 1.54) is 0 Å². The van der Waals surface area contributed by atoms with E-state index in [0.29, 0.717) is 12.8 Å². The lowest BCUT2D eigenvalue weighted by molar-refractivity contribution is 0.116. The van der Waals surface area contributed by atoms with E-state index in [-0.39, 0.29) is 12.6 Å². The van der Waals surface area contributed by atoms with Gasteiger partial charge in [-0.2, -0.15) is 8.78 Å². The third-order valence-electron chi connectivity index (χ3n) is 1.98. The minimum atomic E-state index is -2.79. The molecule has 14 heavy (non-hydrogen) atoms. The van der Waals surface area contributed by atoms with Gasteiger partial charge in [0.05, 0.1) is 6.54 Å². The fourth-order valence-electron chi connectivity index (χ4n) is 0.941. The summed E-state index contributed by atoms with van der Waals surface area (Å²) >= 11 is 0. The molecule has 0 radical (unpaired) electrons. The summed E-state index contributed by atoms with van der Waals surface area (Å²) in [5, 5.41) is 8.85. The number of halogens is 3. The first-order valence-corrected chi connectivity index (χ1v) is 4.13. The molecule has 0 aromatic carbocycles. The zero-order valence-corrected chi connectivity index (χ0v) is 7.14. The highest BCUT2D eigenvalue weighted by molar-refractivity contribution is 5.20. The minimum Gasteiger partial charge on any atom is -0.402 e. The van der Waals surface area contributed by atoms with E-state index in [2.05, 4.69) is 19.9 Å². The summed E-state index contributed by atoms with van der Waals surface area (Å²) in [6, 6.07) is -0.163. The monoisotopic (exact) mass is 207 g/mol. The molecule has 1 N–H and O–H groups in total. The Labute approximate surface area is 77.5 Å². The lowest BCUT2D eigenvalue weighted by Gasteiger charge is -2.03. The highest BCUT2D eigenvalue weighted by atomic mass is 19.3. The lowest BCUT2D eigenvalue weighted by atomic mass is 10.4. The molecule has 1 aromatic heterocycles. The zero-order chi connectivity index (χ0) is 10.2. The molecular weight excluding hydrogens is 199 g/mol. The van der Waals surface area contributed by atoms with Crippen molar-refractivity contribution >= 4 is 6.01 Å². The second-order valence-corrected chi connectivity index (χ2v) is 3.25. The van der Waals surface area contributed by atoms with E-state index in [1.54, 1.807) is 0 Å². The number of aromatic nitrogens is 2. The van der Waals surface area contributed by atoms with Crippen LogP contribution in [0.2, 0.25) is 0 Å². The van der Waals surface area contributed by atoms with Crippen molar-refractivity contribution in [2.75, 3.05) is 11.9 Å². The summed E-state index contributed by atoms with van der Waals surface area (Å²) < 4.78 is 41.5. The summed E-state index contributed by atoms with van der Waals surface area (Å²) in [6.45, 7) is 0.0257. The number of nitrogens with one attached hydrogen (secondary N) is 1. The van der Waals surface area contributed by atoms with Crippen molar-refractivity contribution in [3.8, 4) is 0 Å². The first kappa shape index (κ1) is 9.29.